The molecule has 0 N–H and O–H groups in total. The van der Waals surface area contributed by atoms with Gasteiger partial charge in [0.05, 0.1) is 16.8 Å². The maximum atomic E-state index is 5.46. The molecule has 0 aliphatic heterocycles. The molecule has 0 unspecified atom stereocenters. The van der Waals surface area contributed by atoms with Gasteiger partial charge in [0.2, 0.25) is 0 Å². The lowest BCUT2D eigenvalue weighted by Gasteiger charge is -2.46. The van der Waals surface area contributed by atoms with E-state index < -0.39 is 5.41 Å². The van der Waals surface area contributed by atoms with Crippen LogP contribution in [0.4, 0.5) is 0 Å². The summed E-state index contributed by atoms with van der Waals surface area (Å²) in [5.41, 5.74) is 21.9. The van der Waals surface area contributed by atoms with Crippen molar-refractivity contribution in [1.29, 1.82) is 0 Å². The van der Waals surface area contributed by atoms with E-state index in [-0.39, 0.29) is 5.41 Å². The van der Waals surface area contributed by atoms with Crippen LogP contribution in [0, 0.1) is 0 Å². The standard InChI is InChI=1S/C62H46N2/c1-61(2)52-29-15-17-31-54(52)62(55-32-18-16-30-53(55)61)51-37-35-46(47-36-34-45(41-20-7-3-8-21-41)38-49(47)42-22-9-4-10-23-42)39-50(51)59-48(28-19-33-56(59)62)60-63-57(43-24-11-5-12-25-43)40-58(64-60)44-26-13-6-14-27-44/h3,5-9,11-40H,4,10H2,1-2H3. The number of hydrogen-bond acceptors (Lipinski definition) is 2. The zero-order valence-corrected chi connectivity index (χ0v) is 36.1. The van der Waals surface area contributed by atoms with Crippen molar-refractivity contribution in [1.82, 2.24) is 9.97 Å². The predicted molar refractivity (Wildman–Crippen MR) is 265 cm³/mol. The third kappa shape index (κ3) is 5.86. The molecule has 0 fully saturated rings. The van der Waals surface area contributed by atoms with Gasteiger partial charge in [-0.1, -0.05) is 214 Å². The molecule has 12 rings (SSSR count). The molecule has 2 heteroatoms. The molecule has 3 aliphatic rings. The molecular formula is C62H46N2. The van der Waals surface area contributed by atoms with Crippen LogP contribution in [-0.2, 0) is 10.8 Å². The molecular weight excluding hydrogens is 773 g/mol. The first-order chi connectivity index (χ1) is 31.5. The third-order valence-electron chi connectivity index (χ3n) is 14.0. The first kappa shape index (κ1) is 38.0. The SMILES string of the molecule is CC1(C)c2ccccc2C2(c3ccc(-c4ccc(-c5ccccc5)cc4C4=CCCC=C4)cc3-c3c(-c4nc(-c5ccccc5)cc(-c5ccccc5)n4)cccc32)c2ccccc21. The molecule has 0 radical (unpaired) electrons. The highest BCUT2D eigenvalue weighted by molar-refractivity contribution is 5.98. The Labute approximate surface area is 376 Å². The van der Waals surface area contributed by atoms with Gasteiger partial charge in [0.1, 0.15) is 0 Å². The summed E-state index contributed by atoms with van der Waals surface area (Å²) in [6, 6.07) is 73.4. The monoisotopic (exact) mass is 818 g/mol. The van der Waals surface area contributed by atoms with E-state index in [9.17, 15) is 0 Å². The predicted octanol–water partition coefficient (Wildman–Crippen LogP) is 15.5. The van der Waals surface area contributed by atoms with E-state index in [4.69, 9.17) is 9.97 Å². The molecule has 304 valence electrons. The summed E-state index contributed by atoms with van der Waals surface area (Å²) in [7, 11) is 0. The second-order valence-corrected chi connectivity index (χ2v) is 17.9. The highest BCUT2D eigenvalue weighted by Gasteiger charge is 2.54. The van der Waals surface area contributed by atoms with E-state index in [0.717, 1.165) is 40.9 Å². The second kappa shape index (κ2) is 15.0. The summed E-state index contributed by atoms with van der Waals surface area (Å²) in [6.45, 7) is 4.77. The van der Waals surface area contributed by atoms with E-state index in [2.05, 4.69) is 232 Å². The minimum Gasteiger partial charge on any atom is -0.228 e. The molecule has 1 heterocycles. The Bertz CT molecular complexity index is 3230. The Balaban J connectivity index is 1.17. The lowest BCUT2D eigenvalue weighted by atomic mass is 9.55. The van der Waals surface area contributed by atoms with Gasteiger partial charge in [-0.15, -0.1) is 0 Å². The summed E-state index contributed by atoms with van der Waals surface area (Å²) in [5.74, 6) is 0.716. The molecule has 9 aromatic rings. The van der Waals surface area contributed by atoms with Crippen molar-refractivity contribution in [2.75, 3.05) is 0 Å². The molecule has 64 heavy (non-hydrogen) atoms. The molecule has 1 aromatic heterocycles. The first-order valence-electron chi connectivity index (χ1n) is 22.6. The van der Waals surface area contributed by atoms with Gasteiger partial charge in [0.25, 0.3) is 0 Å². The fourth-order valence-electron chi connectivity index (χ4n) is 11.1. The van der Waals surface area contributed by atoms with Crippen molar-refractivity contribution in [2.45, 2.75) is 37.5 Å². The lowest BCUT2D eigenvalue weighted by molar-refractivity contribution is 0.563. The van der Waals surface area contributed by atoms with Crippen molar-refractivity contribution in [2.24, 2.45) is 0 Å². The van der Waals surface area contributed by atoms with Crippen molar-refractivity contribution in [3.8, 4) is 67.3 Å². The maximum Gasteiger partial charge on any atom is 0.161 e. The van der Waals surface area contributed by atoms with E-state index in [1.165, 1.54) is 77.9 Å². The van der Waals surface area contributed by atoms with Gasteiger partial charge in [-0.25, -0.2) is 9.97 Å². The summed E-state index contributed by atoms with van der Waals surface area (Å²) < 4.78 is 0. The molecule has 0 saturated carbocycles. The lowest BCUT2D eigenvalue weighted by Crippen LogP contribution is -2.40. The van der Waals surface area contributed by atoms with E-state index >= 15 is 0 Å². The summed E-state index contributed by atoms with van der Waals surface area (Å²) in [6.07, 6.45) is 9.13. The van der Waals surface area contributed by atoms with Crippen molar-refractivity contribution >= 4 is 5.57 Å². The number of allylic oxidation sites excluding steroid dienone is 4. The van der Waals surface area contributed by atoms with Gasteiger partial charge in [0.15, 0.2) is 5.82 Å². The van der Waals surface area contributed by atoms with Crippen molar-refractivity contribution < 1.29 is 0 Å². The summed E-state index contributed by atoms with van der Waals surface area (Å²) in [5, 5.41) is 0. The van der Waals surface area contributed by atoms with Crippen LogP contribution < -0.4 is 0 Å². The fourth-order valence-corrected chi connectivity index (χ4v) is 11.1. The van der Waals surface area contributed by atoms with Gasteiger partial charge in [0, 0.05) is 22.1 Å². The smallest absolute Gasteiger partial charge is 0.161 e. The van der Waals surface area contributed by atoms with Crippen LogP contribution in [0.5, 0.6) is 0 Å². The van der Waals surface area contributed by atoms with Crippen molar-refractivity contribution in [3.05, 3.63) is 257 Å². The molecule has 0 saturated heterocycles. The third-order valence-corrected chi connectivity index (χ3v) is 14.0. The number of nitrogens with zero attached hydrogens (tertiary/aromatic N) is 2. The van der Waals surface area contributed by atoms with Crippen LogP contribution in [0.2, 0.25) is 0 Å². The van der Waals surface area contributed by atoms with Crippen LogP contribution in [-0.4, -0.2) is 9.97 Å². The second-order valence-electron chi connectivity index (χ2n) is 17.9. The van der Waals surface area contributed by atoms with Gasteiger partial charge in [-0.05, 0) is 109 Å². The highest BCUT2D eigenvalue weighted by Crippen LogP contribution is 2.63. The molecule has 0 atom stereocenters. The highest BCUT2D eigenvalue weighted by atomic mass is 14.9. The van der Waals surface area contributed by atoms with Gasteiger partial charge < -0.3 is 0 Å². The molecule has 0 amide bonds. The Morgan fingerprint density at radius 1 is 0.375 bits per heavy atom. The van der Waals surface area contributed by atoms with E-state index in [0.29, 0.717) is 5.82 Å². The van der Waals surface area contributed by atoms with Crippen LogP contribution in [0.15, 0.2) is 218 Å². The molecule has 3 aliphatic carbocycles. The van der Waals surface area contributed by atoms with Gasteiger partial charge >= 0.3 is 0 Å². The fraction of sp³-hybridized carbons (Fsp3) is 0.0968. The molecule has 1 spiro atoms. The minimum absolute atomic E-state index is 0.201. The van der Waals surface area contributed by atoms with Gasteiger partial charge in [-0.3, -0.25) is 0 Å². The summed E-state index contributed by atoms with van der Waals surface area (Å²) in [4.78, 5) is 10.9. The summed E-state index contributed by atoms with van der Waals surface area (Å²) >= 11 is 0. The van der Waals surface area contributed by atoms with Crippen LogP contribution in [0.3, 0.4) is 0 Å². The topological polar surface area (TPSA) is 25.8 Å². The van der Waals surface area contributed by atoms with Crippen molar-refractivity contribution in [3.63, 3.8) is 0 Å². The van der Waals surface area contributed by atoms with Crippen LogP contribution >= 0.6 is 0 Å². The van der Waals surface area contributed by atoms with E-state index in [1.54, 1.807) is 0 Å². The average Bonchev–Trinajstić information content (AvgIpc) is 3.67. The Kier molecular flexibility index (Phi) is 8.91. The molecule has 8 aromatic carbocycles. The Morgan fingerprint density at radius 3 is 1.53 bits per heavy atom. The number of benzene rings is 8. The number of rotatable bonds is 6. The average molecular weight is 819 g/mol. The first-order valence-corrected chi connectivity index (χ1v) is 22.6. The van der Waals surface area contributed by atoms with Crippen LogP contribution in [0.25, 0.3) is 72.9 Å². The minimum atomic E-state index is -0.574. The number of aromatic nitrogens is 2. The zero-order valence-electron chi connectivity index (χ0n) is 36.1. The zero-order chi connectivity index (χ0) is 42.8. The van der Waals surface area contributed by atoms with E-state index in [1.807, 2.05) is 0 Å². The maximum absolute atomic E-state index is 5.46. The number of fused-ring (bicyclic) bond motifs is 9. The van der Waals surface area contributed by atoms with Gasteiger partial charge in [-0.2, -0.15) is 0 Å². The quantitative estimate of drug-likeness (QED) is 0.167. The Hall–Kier alpha value is -7.68. The molecule has 0 bridgehead atoms. The largest absolute Gasteiger partial charge is 0.228 e. The number of hydrogen-bond donors (Lipinski definition) is 0. The molecule has 2 nitrogen and oxygen atoms in total. The Morgan fingerprint density at radius 2 is 0.922 bits per heavy atom. The normalized spacial score (nSPS) is 14.9. The van der Waals surface area contributed by atoms with Crippen LogP contribution in [0.1, 0.15) is 65.6 Å².